The highest BCUT2D eigenvalue weighted by molar-refractivity contribution is 5.03. The number of rotatable bonds is 15. The number of aliphatic hydroxyl groups excluding tert-OH is 1. The van der Waals surface area contributed by atoms with Crippen LogP contribution in [0.3, 0.4) is 0 Å². The molecule has 182 valence electrons. The fourth-order valence-corrected chi connectivity index (χ4v) is 5.25. The summed E-state index contributed by atoms with van der Waals surface area (Å²) >= 11 is 0. The number of ether oxygens (including phenoxy) is 4. The Morgan fingerprint density at radius 3 is 2.16 bits per heavy atom. The standard InChI is InChI=1S/C25H47NO5/c1-4-5-6-7-8-9-10-11-12-15-18-28-20-25-23(30-24(2,3)31-25)22(27)21(29-25)19-26-16-13-14-17-26/h21-23,27H,4-20H2,1-3H3/t21-,22+,23-,25-/m0/s1. The Kier molecular flexibility index (Phi) is 10.1. The van der Waals surface area contributed by atoms with Crippen LogP contribution in [-0.4, -0.2) is 72.7 Å². The van der Waals surface area contributed by atoms with E-state index in [1.165, 1.54) is 70.6 Å². The van der Waals surface area contributed by atoms with Crippen molar-refractivity contribution in [1.29, 1.82) is 0 Å². The first-order chi connectivity index (χ1) is 15.0. The van der Waals surface area contributed by atoms with E-state index in [4.69, 9.17) is 18.9 Å². The highest BCUT2D eigenvalue weighted by Gasteiger charge is 2.64. The normalized spacial score (nSPS) is 32.7. The average molecular weight is 442 g/mol. The molecule has 3 aliphatic heterocycles. The molecule has 3 fully saturated rings. The van der Waals surface area contributed by atoms with Gasteiger partial charge in [-0.15, -0.1) is 0 Å². The van der Waals surface area contributed by atoms with Crippen LogP contribution in [0.1, 0.15) is 97.8 Å². The van der Waals surface area contributed by atoms with E-state index in [0.29, 0.717) is 13.2 Å². The lowest BCUT2D eigenvalue weighted by Crippen LogP contribution is -2.45. The third kappa shape index (κ3) is 7.38. The summed E-state index contributed by atoms with van der Waals surface area (Å²) in [7, 11) is 0. The van der Waals surface area contributed by atoms with E-state index >= 15 is 0 Å². The summed E-state index contributed by atoms with van der Waals surface area (Å²) in [5.74, 6) is -1.77. The number of nitrogens with zero attached hydrogens (tertiary/aromatic N) is 1. The topological polar surface area (TPSA) is 60.4 Å². The average Bonchev–Trinajstić information content (AvgIpc) is 3.38. The molecule has 0 spiro atoms. The zero-order chi connectivity index (χ0) is 22.2. The van der Waals surface area contributed by atoms with Crippen molar-refractivity contribution in [3.63, 3.8) is 0 Å². The fraction of sp³-hybridized carbons (Fsp3) is 1.00. The van der Waals surface area contributed by atoms with Crippen LogP contribution in [0.25, 0.3) is 0 Å². The van der Waals surface area contributed by atoms with Gasteiger partial charge in [-0.3, -0.25) is 0 Å². The Morgan fingerprint density at radius 1 is 0.903 bits per heavy atom. The van der Waals surface area contributed by atoms with Crippen molar-refractivity contribution in [3.8, 4) is 0 Å². The van der Waals surface area contributed by atoms with Gasteiger partial charge in [0.1, 0.15) is 24.9 Å². The Bertz CT molecular complexity index is 510. The molecule has 0 radical (unpaired) electrons. The summed E-state index contributed by atoms with van der Waals surface area (Å²) in [6.45, 7) is 9.91. The summed E-state index contributed by atoms with van der Waals surface area (Å²) < 4.78 is 24.5. The second-order valence-corrected chi connectivity index (χ2v) is 10.2. The first-order valence-corrected chi connectivity index (χ1v) is 13.0. The first kappa shape index (κ1) is 25.4. The minimum atomic E-state index is -0.994. The number of hydrogen-bond acceptors (Lipinski definition) is 6. The summed E-state index contributed by atoms with van der Waals surface area (Å²) in [6.07, 6.45) is 14.1. The lowest BCUT2D eigenvalue weighted by molar-refractivity contribution is -0.279. The molecule has 0 aromatic carbocycles. The SMILES string of the molecule is CCCCCCCCCCCCOC[C@@]12O[C@@H](CN3CCCC3)[C@@H](O)[C@@H]1OC(C)(C)O2. The molecule has 3 rings (SSSR count). The molecule has 4 atom stereocenters. The smallest absolute Gasteiger partial charge is 0.224 e. The van der Waals surface area contributed by atoms with Crippen molar-refractivity contribution >= 4 is 0 Å². The highest BCUT2D eigenvalue weighted by Crippen LogP contribution is 2.45. The van der Waals surface area contributed by atoms with E-state index in [1.54, 1.807) is 0 Å². The quantitative estimate of drug-likeness (QED) is 0.374. The maximum atomic E-state index is 10.9. The maximum Gasteiger partial charge on any atom is 0.224 e. The summed E-state index contributed by atoms with van der Waals surface area (Å²) in [4.78, 5) is 2.36. The van der Waals surface area contributed by atoms with Crippen LogP contribution in [0.15, 0.2) is 0 Å². The third-order valence-electron chi connectivity index (χ3n) is 6.89. The van der Waals surface area contributed by atoms with Crippen LogP contribution in [0.5, 0.6) is 0 Å². The van der Waals surface area contributed by atoms with Crippen LogP contribution in [-0.2, 0) is 18.9 Å². The van der Waals surface area contributed by atoms with E-state index in [9.17, 15) is 5.11 Å². The summed E-state index contributed by atoms with van der Waals surface area (Å²) in [5, 5.41) is 10.9. The Labute approximate surface area is 189 Å². The number of likely N-dealkylation sites (tertiary alicyclic amines) is 1. The lowest BCUT2D eigenvalue weighted by atomic mass is 10.1. The molecule has 0 aromatic heterocycles. The molecule has 6 heteroatoms. The Balaban J connectivity index is 1.33. The lowest BCUT2D eigenvalue weighted by Gasteiger charge is -2.29. The predicted molar refractivity (Wildman–Crippen MR) is 122 cm³/mol. The van der Waals surface area contributed by atoms with E-state index in [0.717, 1.165) is 26.1 Å². The number of hydrogen-bond donors (Lipinski definition) is 1. The van der Waals surface area contributed by atoms with Gasteiger partial charge in [0.05, 0.1) is 0 Å². The van der Waals surface area contributed by atoms with Crippen molar-refractivity contribution in [2.75, 3.05) is 32.8 Å². The molecule has 0 aromatic rings. The van der Waals surface area contributed by atoms with E-state index in [2.05, 4.69) is 11.8 Å². The Morgan fingerprint density at radius 2 is 1.52 bits per heavy atom. The van der Waals surface area contributed by atoms with Gasteiger partial charge in [-0.05, 0) is 46.2 Å². The van der Waals surface area contributed by atoms with Crippen LogP contribution in [0.4, 0.5) is 0 Å². The molecule has 3 saturated heterocycles. The molecule has 0 unspecified atom stereocenters. The summed E-state index contributed by atoms with van der Waals surface area (Å²) in [6, 6.07) is 0. The van der Waals surface area contributed by atoms with Crippen molar-refractivity contribution in [2.24, 2.45) is 0 Å². The summed E-state index contributed by atoms with van der Waals surface area (Å²) in [5.41, 5.74) is 0. The van der Waals surface area contributed by atoms with Gasteiger partial charge in [-0.1, -0.05) is 64.7 Å². The van der Waals surface area contributed by atoms with Crippen LogP contribution < -0.4 is 0 Å². The number of aliphatic hydroxyl groups is 1. The van der Waals surface area contributed by atoms with Gasteiger partial charge in [0.2, 0.25) is 5.79 Å². The zero-order valence-corrected chi connectivity index (χ0v) is 20.3. The molecule has 31 heavy (non-hydrogen) atoms. The van der Waals surface area contributed by atoms with Gasteiger partial charge in [-0.2, -0.15) is 0 Å². The van der Waals surface area contributed by atoms with Crippen molar-refractivity contribution in [3.05, 3.63) is 0 Å². The second-order valence-electron chi connectivity index (χ2n) is 10.2. The van der Waals surface area contributed by atoms with Crippen molar-refractivity contribution < 1.29 is 24.1 Å². The molecule has 0 amide bonds. The largest absolute Gasteiger partial charge is 0.387 e. The van der Waals surface area contributed by atoms with Gasteiger partial charge in [-0.25, -0.2) is 0 Å². The minimum absolute atomic E-state index is 0.292. The molecule has 3 aliphatic rings. The maximum absolute atomic E-state index is 10.9. The predicted octanol–water partition coefficient (Wildman–Crippen LogP) is 4.63. The van der Waals surface area contributed by atoms with E-state index in [1.807, 2.05) is 13.8 Å². The second kappa shape index (κ2) is 12.3. The van der Waals surface area contributed by atoms with Gasteiger partial charge < -0.3 is 29.0 Å². The van der Waals surface area contributed by atoms with Crippen LogP contribution >= 0.6 is 0 Å². The highest BCUT2D eigenvalue weighted by atomic mass is 16.9. The van der Waals surface area contributed by atoms with Crippen molar-refractivity contribution in [1.82, 2.24) is 4.90 Å². The van der Waals surface area contributed by atoms with E-state index in [-0.39, 0.29) is 6.10 Å². The Hall–Kier alpha value is -0.240. The first-order valence-electron chi connectivity index (χ1n) is 13.0. The van der Waals surface area contributed by atoms with Gasteiger partial charge in [0, 0.05) is 13.2 Å². The third-order valence-corrected chi connectivity index (χ3v) is 6.89. The molecule has 6 nitrogen and oxygen atoms in total. The molecular weight excluding hydrogens is 394 g/mol. The number of unbranched alkanes of at least 4 members (excludes halogenated alkanes) is 9. The molecule has 0 aliphatic carbocycles. The van der Waals surface area contributed by atoms with Gasteiger partial charge >= 0.3 is 0 Å². The fourth-order valence-electron chi connectivity index (χ4n) is 5.25. The molecule has 0 bridgehead atoms. The van der Waals surface area contributed by atoms with Crippen LogP contribution in [0, 0.1) is 0 Å². The monoisotopic (exact) mass is 441 g/mol. The van der Waals surface area contributed by atoms with Crippen molar-refractivity contribution in [2.45, 2.75) is 128 Å². The van der Waals surface area contributed by atoms with Gasteiger partial charge in [0.25, 0.3) is 0 Å². The van der Waals surface area contributed by atoms with Gasteiger partial charge in [0.15, 0.2) is 5.79 Å². The zero-order valence-electron chi connectivity index (χ0n) is 20.3. The molecule has 0 saturated carbocycles. The minimum Gasteiger partial charge on any atom is -0.387 e. The molecule has 3 heterocycles. The van der Waals surface area contributed by atoms with E-state index < -0.39 is 23.8 Å². The molecule has 1 N–H and O–H groups in total. The van der Waals surface area contributed by atoms with Crippen LogP contribution in [0.2, 0.25) is 0 Å². The number of fused-ring (bicyclic) bond motifs is 1. The molecular formula is C25H47NO5.